The van der Waals surface area contributed by atoms with Gasteiger partial charge in [-0.25, -0.2) is 4.79 Å². The molecule has 1 aliphatic rings. The van der Waals surface area contributed by atoms with E-state index < -0.39 is 5.60 Å². The van der Waals surface area contributed by atoms with E-state index in [1.54, 1.807) is 4.90 Å². The highest BCUT2D eigenvalue weighted by Gasteiger charge is 2.34. The van der Waals surface area contributed by atoms with Crippen molar-refractivity contribution in [2.45, 2.75) is 46.0 Å². The van der Waals surface area contributed by atoms with E-state index in [1.165, 1.54) is 5.56 Å². The number of likely N-dealkylation sites (tertiary alicyclic amines) is 1. The first kappa shape index (κ1) is 14.9. The summed E-state index contributed by atoms with van der Waals surface area (Å²) in [7, 11) is 0. The Bertz CT molecular complexity index is 456. The smallest absolute Gasteiger partial charge is 0.410 e. The molecular weight excluding hydrogens is 254 g/mol. The second-order valence-corrected chi connectivity index (χ2v) is 6.30. The Hall–Kier alpha value is -1.55. The van der Waals surface area contributed by atoms with Crippen molar-refractivity contribution in [3.05, 3.63) is 35.4 Å². The lowest BCUT2D eigenvalue weighted by atomic mass is 10.1. The zero-order valence-corrected chi connectivity index (χ0v) is 12.7. The zero-order chi connectivity index (χ0) is 14.8. The molecule has 0 saturated carbocycles. The van der Waals surface area contributed by atoms with E-state index in [1.807, 2.05) is 20.8 Å². The van der Waals surface area contributed by atoms with Crippen LogP contribution in [0.5, 0.6) is 0 Å². The first-order chi connectivity index (χ1) is 9.33. The second-order valence-electron chi connectivity index (χ2n) is 6.30. The molecule has 1 amide bonds. The van der Waals surface area contributed by atoms with Crippen molar-refractivity contribution in [1.29, 1.82) is 0 Å². The van der Waals surface area contributed by atoms with Crippen molar-refractivity contribution >= 4 is 6.09 Å². The molecule has 0 unspecified atom stereocenters. The van der Waals surface area contributed by atoms with Crippen LogP contribution in [-0.4, -0.2) is 35.8 Å². The molecule has 1 fully saturated rings. The van der Waals surface area contributed by atoms with Gasteiger partial charge in [-0.05, 0) is 33.3 Å². The lowest BCUT2D eigenvalue weighted by Crippen LogP contribution is -2.55. The van der Waals surface area contributed by atoms with Crippen LogP contribution in [-0.2, 0) is 16.1 Å². The van der Waals surface area contributed by atoms with Crippen molar-refractivity contribution < 1.29 is 14.3 Å². The van der Waals surface area contributed by atoms with Gasteiger partial charge in [-0.15, -0.1) is 0 Å². The van der Waals surface area contributed by atoms with E-state index >= 15 is 0 Å². The van der Waals surface area contributed by atoms with Gasteiger partial charge in [-0.1, -0.05) is 29.8 Å². The van der Waals surface area contributed by atoms with Crippen molar-refractivity contribution in [2.24, 2.45) is 0 Å². The molecule has 20 heavy (non-hydrogen) atoms. The number of rotatable bonds is 3. The fraction of sp³-hybridized carbons (Fsp3) is 0.562. The lowest BCUT2D eigenvalue weighted by Gasteiger charge is -2.39. The molecule has 0 radical (unpaired) electrons. The molecule has 0 atom stereocenters. The Morgan fingerprint density at radius 3 is 2.40 bits per heavy atom. The number of carbonyl (C=O) groups excluding carboxylic acids is 1. The highest BCUT2D eigenvalue weighted by atomic mass is 16.6. The Labute approximate surface area is 120 Å². The first-order valence-corrected chi connectivity index (χ1v) is 6.98. The SMILES string of the molecule is Cc1ccc(COC2CN(C(=O)OC(C)(C)C)C2)cc1. The Kier molecular flexibility index (Phi) is 4.33. The monoisotopic (exact) mass is 277 g/mol. The van der Waals surface area contributed by atoms with E-state index in [9.17, 15) is 4.79 Å². The summed E-state index contributed by atoms with van der Waals surface area (Å²) in [5.74, 6) is 0. The molecule has 4 nitrogen and oxygen atoms in total. The third-order valence-corrected chi connectivity index (χ3v) is 3.11. The molecule has 2 rings (SSSR count). The Morgan fingerprint density at radius 2 is 1.85 bits per heavy atom. The van der Waals surface area contributed by atoms with Crippen LogP contribution < -0.4 is 0 Å². The van der Waals surface area contributed by atoms with E-state index in [0.717, 1.165) is 5.56 Å². The zero-order valence-electron chi connectivity index (χ0n) is 12.7. The number of nitrogens with zero attached hydrogens (tertiary/aromatic N) is 1. The van der Waals surface area contributed by atoms with E-state index in [4.69, 9.17) is 9.47 Å². The molecule has 1 aliphatic heterocycles. The number of ether oxygens (including phenoxy) is 2. The molecule has 1 heterocycles. The molecule has 1 aromatic carbocycles. The summed E-state index contributed by atoms with van der Waals surface area (Å²) in [6, 6.07) is 8.29. The van der Waals surface area contributed by atoms with Crippen LogP contribution in [0.4, 0.5) is 4.79 Å². The standard InChI is InChI=1S/C16H23NO3/c1-12-5-7-13(8-6-12)11-19-14-9-17(10-14)15(18)20-16(2,3)4/h5-8,14H,9-11H2,1-4H3. The van der Waals surface area contributed by atoms with Gasteiger partial charge in [-0.3, -0.25) is 0 Å². The van der Waals surface area contributed by atoms with E-state index in [-0.39, 0.29) is 12.2 Å². The third-order valence-electron chi connectivity index (χ3n) is 3.11. The van der Waals surface area contributed by atoms with Crippen LogP contribution in [0, 0.1) is 6.92 Å². The van der Waals surface area contributed by atoms with Gasteiger partial charge in [0.15, 0.2) is 0 Å². The van der Waals surface area contributed by atoms with Crippen molar-refractivity contribution in [3.8, 4) is 0 Å². The average molecular weight is 277 g/mol. The lowest BCUT2D eigenvalue weighted by molar-refractivity contribution is -0.0691. The van der Waals surface area contributed by atoms with Crippen LogP contribution in [0.1, 0.15) is 31.9 Å². The van der Waals surface area contributed by atoms with Gasteiger partial charge in [0, 0.05) is 0 Å². The van der Waals surface area contributed by atoms with Gasteiger partial charge in [0.1, 0.15) is 5.60 Å². The molecule has 0 aromatic heterocycles. The molecule has 0 aliphatic carbocycles. The molecule has 1 saturated heterocycles. The topological polar surface area (TPSA) is 38.8 Å². The molecule has 110 valence electrons. The fourth-order valence-corrected chi connectivity index (χ4v) is 1.92. The predicted octanol–water partition coefficient (Wildman–Crippen LogP) is 3.13. The van der Waals surface area contributed by atoms with Crippen LogP contribution >= 0.6 is 0 Å². The molecule has 1 aromatic rings. The van der Waals surface area contributed by atoms with Crippen LogP contribution in [0.2, 0.25) is 0 Å². The van der Waals surface area contributed by atoms with Crippen molar-refractivity contribution in [3.63, 3.8) is 0 Å². The first-order valence-electron chi connectivity index (χ1n) is 6.98. The quantitative estimate of drug-likeness (QED) is 0.852. The summed E-state index contributed by atoms with van der Waals surface area (Å²) in [5, 5.41) is 0. The van der Waals surface area contributed by atoms with Crippen molar-refractivity contribution in [1.82, 2.24) is 4.90 Å². The maximum absolute atomic E-state index is 11.7. The Balaban J connectivity index is 1.69. The van der Waals surface area contributed by atoms with Crippen LogP contribution in [0.15, 0.2) is 24.3 Å². The predicted molar refractivity (Wildman–Crippen MR) is 77.6 cm³/mol. The van der Waals surface area contributed by atoms with Gasteiger partial charge in [0.2, 0.25) is 0 Å². The summed E-state index contributed by atoms with van der Waals surface area (Å²) in [4.78, 5) is 13.4. The average Bonchev–Trinajstić information content (AvgIpc) is 2.27. The number of amides is 1. The second kappa shape index (κ2) is 5.83. The van der Waals surface area contributed by atoms with Gasteiger partial charge in [-0.2, -0.15) is 0 Å². The fourth-order valence-electron chi connectivity index (χ4n) is 1.92. The minimum absolute atomic E-state index is 0.115. The number of aryl methyl sites for hydroxylation is 1. The molecule has 4 heteroatoms. The number of carbonyl (C=O) groups is 1. The molecule has 0 spiro atoms. The maximum Gasteiger partial charge on any atom is 0.410 e. The highest BCUT2D eigenvalue weighted by Crippen LogP contribution is 2.18. The number of benzene rings is 1. The minimum atomic E-state index is -0.440. The Morgan fingerprint density at radius 1 is 1.25 bits per heavy atom. The van der Waals surface area contributed by atoms with E-state index in [0.29, 0.717) is 19.7 Å². The maximum atomic E-state index is 11.7. The van der Waals surface area contributed by atoms with Gasteiger partial charge in [0.25, 0.3) is 0 Å². The number of hydrogen-bond acceptors (Lipinski definition) is 3. The van der Waals surface area contributed by atoms with Crippen LogP contribution in [0.3, 0.4) is 0 Å². The summed E-state index contributed by atoms with van der Waals surface area (Å²) in [6.07, 6.45) is -0.142. The molecule has 0 bridgehead atoms. The van der Waals surface area contributed by atoms with Gasteiger partial charge >= 0.3 is 6.09 Å². The van der Waals surface area contributed by atoms with Crippen LogP contribution in [0.25, 0.3) is 0 Å². The summed E-state index contributed by atoms with van der Waals surface area (Å²) in [5.41, 5.74) is 1.96. The largest absolute Gasteiger partial charge is 0.444 e. The number of hydrogen-bond donors (Lipinski definition) is 0. The third kappa shape index (κ3) is 4.23. The summed E-state index contributed by atoms with van der Waals surface area (Å²) in [6.45, 7) is 9.49. The van der Waals surface area contributed by atoms with Crippen molar-refractivity contribution in [2.75, 3.05) is 13.1 Å². The van der Waals surface area contributed by atoms with Gasteiger partial charge < -0.3 is 14.4 Å². The minimum Gasteiger partial charge on any atom is -0.444 e. The summed E-state index contributed by atoms with van der Waals surface area (Å²) < 4.78 is 11.1. The summed E-state index contributed by atoms with van der Waals surface area (Å²) >= 11 is 0. The highest BCUT2D eigenvalue weighted by molar-refractivity contribution is 5.69. The normalized spacial score (nSPS) is 15.9. The molecular formula is C16H23NO3. The van der Waals surface area contributed by atoms with Gasteiger partial charge in [0.05, 0.1) is 25.8 Å². The molecule has 0 N–H and O–H groups in total. The van der Waals surface area contributed by atoms with E-state index in [2.05, 4.69) is 31.2 Å².